The first-order chi connectivity index (χ1) is 42.9. The monoisotopic (exact) mass is 1270 g/mol. The van der Waals surface area contributed by atoms with Gasteiger partial charge in [-0.3, -0.25) is 0 Å². The Bertz CT molecular complexity index is 4020. The Labute approximate surface area is 538 Å². The van der Waals surface area contributed by atoms with Gasteiger partial charge < -0.3 is 28.4 Å². The molecular formula is C72H52O10S6. The lowest BCUT2D eigenvalue weighted by Crippen LogP contribution is -2.61. The van der Waals surface area contributed by atoms with Crippen molar-refractivity contribution < 1.29 is 47.6 Å². The zero-order valence-electron chi connectivity index (χ0n) is 46.9. The normalized spacial score (nSPS) is 23.0. The van der Waals surface area contributed by atoms with E-state index >= 15 is 19.2 Å². The van der Waals surface area contributed by atoms with Crippen molar-refractivity contribution in [1.82, 2.24) is 0 Å². The molecule has 0 amide bonds. The number of hydrogen-bond acceptors (Lipinski definition) is 16. The molecule has 1 saturated carbocycles. The van der Waals surface area contributed by atoms with Gasteiger partial charge in [-0.15, -0.1) is 23.5 Å². The fourth-order valence-corrected chi connectivity index (χ4v) is 17.0. The summed E-state index contributed by atoms with van der Waals surface area (Å²) in [5.74, 6) is -5.04. The predicted molar refractivity (Wildman–Crippen MR) is 354 cm³/mol. The van der Waals surface area contributed by atoms with Gasteiger partial charge in [0.15, 0.2) is 0 Å². The number of carbonyl (C=O) groups excluding carboxylic acids is 4. The topological polar surface area (TPSA) is 124 Å². The molecule has 5 atom stereocenters. The maximum absolute atomic E-state index is 15.4. The molecule has 436 valence electrons. The maximum atomic E-state index is 15.4. The second-order valence-electron chi connectivity index (χ2n) is 22.4. The molecule has 5 aliphatic carbocycles. The highest BCUT2D eigenvalue weighted by atomic mass is 32.2. The molecule has 0 N–H and O–H groups in total. The number of ether oxygens (including phenoxy) is 6. The number of esters is 4. The second kappa shape index (κ2) is 23.9. The third kappa shape index (κ3) is 10.3. The van der Waals surface area contributed by atoms with Crippen LogP contribution in [0, 0.1) is 17.8 Å². The number of benzene rings is 5. The summed E-state index contributed by atoms with van der Waals surface area (Å²) in [6.07, 6.45) is 19.9. The first-order valence-corrected chi connectivity index (χ1v) is 32.3. The van der Waals surface area contributed by atoms with Crippen LogP contribution in [0.25, 0.3) is 0 Å². The summed E-state index contributed by atoms with van der Waals surface area (Å²) < 4.78 is 38.9. The van der Waals surface area contributed by atoms with E-state index in [9.17, 15) is 0 Å². The Kier molecular flexibility index (Phi) is 15.7. The fourth-order valence-electron chi connectivity index (χ4n) is 12.6. The van der Waals surface area contributed by atoms with Gasteiger partial charge in [-0.05, 0) is 70.9 Å². The molecule has 16 heteroatoms. The van der Waals surface area contributed by atoms with Crippen LogP contribution in [0.3, 0.4) is 0 Å². The van der Waals surface area contributed by atoms with Crippen molar-refractivity contribution >= 4 is 116 Å². The minimum Gasteiger partial charge on any atom is -0.463 e. The van der Waals surface area contributed by atoms with Crippen molar-refractivity contribution in [2.45, 2.75) is 67.4 Å². The lowest BCUT2D eigenvalue weighted by molar-refractivity contribution is -0.195. The number of carbonyl (C=O) groups is 4. The highest BCUT2D eigenvalue weighted by Gasteiger charge is 2.66. The average Bonchev–Trinajstić information content (AvgIpc) is 1.41. The standard InChI is InChI=1S/C72H52O10S6/c73-67(77-37-41-17-5-1-6-18-41)71(68(74)78-38-42-19-7-2-8-20-42)57-35-47(33-55-61(83)49-25-13-14-26-50(49)62(55)84)87-65(57)53-29-46-32-60-54(30-45(46)31-59(53)81-71)66-58(36-48(88-66)34-56-63(85)51-27-15-16-28-52(51)64(56)86)72(82-60,69(75)79-39-43-21-9-3-10-22-43)70(76)80-40-44-23-11-4-12-24-44/h1-14,17-34,36,45-47,58,66H,15-16,35,37-40H2. The van der Waals surface area contributed by atoms with Crippen molar-refractivity contribution in [2.24, 2.45) is 17.8 Å². The van der Waals surface area contributed by atoms with Crippen LogP contribution in [0.5, 0.6) is 0 Å². The first kappa shape index (κ1) is 57.8. The van der Waals surface area contributed by atoms with Crippen LogP contribution in [-0.4, -0.2) is 65.0 Å². The fraction of sp³-hybridized carbons (Fsp3) is 0.194. The molecule has 1 saturated heterocycles. The molecule has 14 rings (SSSR count). The van der Waals surface area contributed by atoms with Crippen molar-refractivity contribution in [3.05, 3.63) is 294 Å². The summed E-state index contributed by atoms with van der Waals surface area (Å²) in [6.45, 7) is -0.569. The van der Waals surface area contributed by atoms with Crippen molar-refractivity contribution in [2.75, 3.05) is 0 Å². The molecule has 5 unspecified atom stereocenters. The van der Waals surface area contributed by atoms with E-state index in [1.165, 1.54) is 23.5 Å². The lowest BCUT2D eigenvalue weighted by Gasteiger charge is -2.45. The number of allylic oxidation sites excluding steroid dienone is 13. The quantitative estimate of drug-likeness (QED) is 0.0344. The van der Waals surface area contributed by atoms with Gasteiger partial charge in [-0.1, -0.05) is 231 Å². The predicted octanol–water partition coefficient (Wildman–Crippen LogP) is 14.2. The Balaban J connectivity index is 0.888. The van der Waals surface area contributed by atoms with Crippen molar-refractivity contribution in [1.29, 1.82) is 0 Å². The summed E-state index contributed by atoms with van der Waals surface area (Å²) in [4.78, 5) is 65.5. The highest BCUT2D eigenvalue weighted by molar-refractivity contribution is 8.04. The Morgan fingerprint density at radius 1 is 0.500 bits per heavy atom. The van der Waals surface area contributed by atoms with Crippen LogP contribution in [0.15, 0.2) is 261 Å². The van der Waals surface area contributed by atoms with E-state index < -0.39 is 63.3 Å². The third-order valence-corrected chi connectivity index (χ3v) is 21.4. The van der Waals surface area contributed by atoms with Crippen LogP contribution in [-0.2, 0) is 74.0 Å². The molecule has 0 aromatic heterocycles. The molecule has 88 heavy (non-hydrogen) atoms. The van der Waals surface area contributed by atoms with Crippen molar-refractivity contribution in [3.63, 3.8) is 0 Å². The molecule has 0 bridgehead atoms. The van der Waals surface area contributed by atoms with E-state index in [0.717, 1.165) is 45.6 Å². The van der Waals surface area contributed by atoms with Gasteiger partial charge in [-0.25, -0.2) is 19.2 Å². The number of fused-ring (bicyclic) bond motifs is 8. The van der Waals surface area contributed by atoms with Crippen LogP contribution in [0.1, 0.15) is 52.6 Å². The van der Waals surface area contributed by atoms with Crippen LogP contribution < -0.4 is 0 Å². The summed E-state index contributed by atoms with van der Waals surface area (Å²) in [5.41, 5.74) is 4.86. The zero-order chi connectivity index (χ0) is 60.3. The molecule has 10 nitrogen and oxygen atoms in total. The molecule has 5 aromatic carbocycles. The molecule has 4 aliphatic heterocycles. The van der Waals surface area contributed by atoms with Crippen molar-refractivity contribution in [3.8, 4) is 0 Å². The van der Waals surface area contributed by atoms with E-state index in [0.29, 0.717) is 74.7 Å². The number of thioether (sulfide) groups is 2. The summed E-state index contributed by atoms with van der Waals surface area (Å²) in [6, 6.07) is 44.8. The van der Waals surface area contributed by atoms with E-state index in [-0.39, 0.29) is 38.6 Å². The van der Waals surface area contributed by atoms with Gasteiger partial charge in [0, 0.05) is 71.1 Å². The number of thiocarbonyl (C=S) groups is 4. The van der Waals surface area contributed by atoms with Crippen LogP contribution in [0.4, 0.5) is 0 Å². The molecule has 0 spiro atoms. The minimum atomic E-state index is -2.39. The smallest absolute Gasteiger partial charge is 0.367 e. The third-order valence-electron chi connectivity index (χ3n) is 17.0. The molecule has 9 aliphatic rings. The summed E-state index contributed by atoms with van der Waals surface area (Å²) >= 11 is 27.3. The number of hydrogen-bond donors (Lipinski definition) is 0. The zero-order valence-corrected chi connectivity index (χ0v) is 51.8. The maximum Gasteiger partial charge on any atom is 0.367 e. The molecular weight excluding hydrogens is 1220 g/mol. The Morgan fingerprint density at radius 2 is 0.966 bits per heavy atom. The van der Waals surface area contributed by atoms with Gasteiger partial charge in [0.25, 0.3) is 0 Å². The molecule has 4 heterocycles. The van der Waals surface area contributed by atoms with E-state index in [1.807, 2.05) is 182 Å². The van der Waals surface area contributed by atoms with E-state index in [1.54, 1.807) is 0 Å². The summed E-state index contributed by atoms with van der Waals surface area (Å²) in [5, 5.41) is -1.02. The van der Waals surface area contributed by atoms with Crippen LogP contribution in [0.2, 0.25) is 0 Å². The Morgan fingerprint density at radius 3 is 1.48 bits per heavy atom. The van der Waals surface area contributed by atoms with Gasteiger partial charge in [0.2, 0.25) is 0 Å². The average molecular weight is 1270 g/mol. The van der Waals surface area contributed by atoms with Gasteiger partial charge in [0.1, 0.15) is 37.9 Å². The van der Waals surface area contributed by atoms with Crippen LogP contribution >= 0.6 is 72.4 Å². The largest absolute Gasteiger partial charge is 0.463 e. The molecule has 2 fully saturated rings. The first-order valence-electron chi connectivity index (χ1n) is 28.9. The van der Waals surface area contributed by atoms with Gasteiger partial charge >= 0.3 is 35.1 Å². The Hall–Kier alpha value is -7.96. The summed E-state index contributed by atoms with van der Waals surface area (Å²) in [7, 11) is 0. The van der Waals surface area contributed by atoms with E-state index in [4.69, 9.17) is 77.3 Å². The number of rotatable bonds is 14. The van der Waals surface area contributed by atoms with Gasteiger partial charge in [-0.2, -0.15) is 0 Å². The second-order valence-corrected chi connectivity index (χ2v) is 26.5. The van der Waals surface area contributed by atoms with Gasteiger partial charge in [0.05, 0.1) is 25.4 Å². The lowest BCUT2D eigenvalue weighted by atomic mass is 9.72. The minimum absolute atomic E-state index is 0.140. The molecule has 0 radical (unpaired) electrons. The van der Waals surface area contributed by atoms with E-state index in [2.05, 4.69) is 18.2 Å². The molecule has 5 aromatic rings. The highest BCUT2D eigenvalue weighted by Crippen LogP contribution is 2.60. The SMILES string of the molecule is O=C(OCc1ccccc1)C1(C(=O)OCc2ccccc2)OC2=CC3C=C4C(=CC3C=C2C2=C1CC(C=C1C(=S)c3ccccc3C1=S)S2)OC(C(=O)OCc1ccccc1)(C(=O)OCc1ccccc1)C1C=C(C=C2C(=S)C3=CCCC=C3C2=S)SC41.